The van der Waals surface area contributed by atoms with Gasteiger partial charge < -0.3 is 15.8 Å². The van der Waals surface area contributed by atoms with Gasteiger partial charge in [-0.05, 0) is 12.5 Å². The first-order valence-electron chi connectivity index (χ1n) is 6.63. The fourth-order valence-corrected chi connectivity index (χ4v) is 1.50. The number of amides is 3. The van der Waals surface area contributed by atoms with Gasteiger partial charge in [0, 0.05) is 18.7 Å². The molecule has 0 aliphatic heterocycles. The van der Waals surface area contributed by atoms with E-state index in [2.05, 4.69) is 5.32 Å². The van der Waals surface area contributed by atoms with Crippen molar-refractivity contribution >= 4 is 29.3 Å². The van der Waals surface area contributed by atoms with Crippen LogP contribution in [0.3, 0.4) is 0 Å². The van der Waals surface area contributed by atoms with E-state index in [0.717, 1.165) is 18.2 Å². The molecule has 0 saturated carbocycles. The Bertz CT molecular complexity index is 631. The summed E-state index contributed by atoms with van der Waals surface area (Å²) in [6.07, 6.45) is 0.704. The lowest BCUT2D eigenvalue weighted by molar-refractivity contribution is -0.384. The van der Waals surface area contributed by atoms with Crippen LogP contribution >= 0.6 is 0 Å². The smallest absolute Gasteiger partial charge is 0.340 e. The number of anilines is 1. The number of rotatable bonds is 6. The second-order valence-electron chi connectivity index (χ2n) is 4.41. The second-order valence-corrected chi connectivity index (χ2v) is 4.41. The number of urea groups is 1. The van der Waals surface area contributed by atoms with Crippen molar-refractivity contribution in [2.45, 2.75) is 13.3 Å². The molecule has 10 heteroatoms. The fourth-order valence-electron chi connectivity index (χ4n) is 1.50. The molecule has 4 N–H and O–H groups in total. The second kappa shape index (κ2) is 8.32. The zero-order chi connectivity index (χ0) is 17.4. The Morgan fingerprint density at radius 3 is 2.61 bits per heavy atom. The average Bonchev–Trinajstić information content (AvgIpc) is 2.50. The minimum absolute atomic E-state index is 0.112. The number of nitrogens with two attached hydrogens (primary N) is 1. The van der Waals surface area contributed by atoms with Crippen molar-refractivity contribution in [2.24, 2.45) is 0 Å². The van der Waals surface area contributed by atoms with Crippen LogP contribution in [-0.4, -0.2) is 36.0 Å². The first-order valence-corrected chi connectivity index (χ1v) is 6.63. The molecular weight excluding hydrogens is 308 g/mol. The summed E-state index contributed by atoms with van der Waals surface area (Å²) in [6, 6.07) is 2.53. The summed E-state index contributed by atoms with van der Waals surface area (Å²) in [5.74, 6) is -1.74. The molecule has 1 aromatic carbocycles. The molecule has 124 valence electrons. The molecule has 23 heavy (non-hydrogen) atoms. The first kappa shape index (κ1) is 17.9. The van der Waals surface area contributed by atoms with Crippen LogP contribution in [0.4, 0.5) is 16.2 Å². The summed E-state index contributed by atoms with van der Waals surface area (Å²) in [4.78, 5) is 44.3. The van der Waals surface area contributed by atoms with Gasteiger partial charge in [-0.1, -0.05) is 6.92 Å². The van der Waals surface area contributed by atoms with Crippen LogP contribution < -0.4 is 16.4 Å². The van der Waals surface area contributed by atoms with Crippen LogP contribution in [0.25, 0.3) is 0 Å². The van der Waals surface area contributed by atoms with Crippen molar-refractivity contribution in [1.82, 2.24) is 10.6 Å². The first-order chi connectivity index (χ1) is 10.8. The summed E-state index contributed by atoms with van der Waals surface area (Å²) in [6.45, 7) is 1.56. The monoisotopic (exact) mass is 324 g/mol. The van der Waals surface area contributed by atoms with Crippen molar-refractivity contribution in [3.63, 3.8) is 0 Å². The molecule has 10 nitrogen and oxygen atoms in total. The third-order valence-corrected chi connectivity index (χ3v) is 2.59. The highest BCUT2D eigenvalue weighted by atomic mass is 16.6. The number of esters is 1. The summed E-state index contributed by atoms with van der Waals surface area (Å²) in [5.41, 5.74) is 5.00. The van der Waals surface area contributed by atoms with Gasteiger partial charge in [0.05, 0.1) is 16.2 Å². The largest absolute Gasteiger partial charge is 0.452 e. The lowest BCUT2D eigenvalue weighted by Crippen LogP contribution is -2.41. The Morgan fingerprint density at radius 1 is 1.35 bits per heavy atom. The quantitative estimate of drug-likeness (QED) is 0.299. The van der Waals surface area contributed by atoms with Crippen molar-refractivity contribution in [3.8, 4) is 0 Å². The lowest BCUT2D eigenvalue weighted by atomic mass is 10.1. The van der Waals surface area contributed by atoms with Gasteiger partial charge in [0.2, 0.25) is 0 Å². The molecular formula is C13H16N4O6. The number of hydrogen-bond donors (Lipinski definition) is 3. The van der Waals surface area contributed by atoms with E-state index in [0.29, 0.717) is 13.0 Å². The van der Waals surface area contributed by atoms with Crippen LogP contribution in [0.1, 0.15) is 23.7 Å². The van der Waals surface area contributed by atoms with Gasteiger partial charge in [0.1, 0.15) is 0 Å². The van der Waals surface area contributed by atoms with Crippen molar-refractivity contribution in [2.75, 3.05) is 18.9 Å². The van der Waals surface area contributed by atoms with E-state index in [1.165, 1.54) is 0 Å². The number of nitrogens with one attached hydrogen (secondary N) is 2. The van der Waals surface area contributed by atoms with Crippen LogP contribution in [0, 0.1) is 10.1 Å². The fraction of sp³-hybridized carbons (Fsp3) is 0.308. The number of carbonyl (C=O) groups is 3. The number of nitrogen functional groups attached to an aromatic ring is 1. The minimum Gasteiger partial charge on any atom is -0.452 e. The highest BCUT2D eigenvalue weighted by molar-refractivity contribution is 5.99. The maximum Gasteiger partial charge on any atom is 0.340 e. The van der Waals surface area contributed by atoms with Crippen LogP contribution in [0.2, 0.25) is 0 Å². The number of ether oxygens (including phenoxy) is 1. The van der Waals surface area contributed by atoms with Crippen molar-refractivity contribution in [1.29, 1.82) is 0 Å². The van der Waals surface area contributed by atoms with Crippen molar-refractivity contribution in [3.05, 3.63) is 33.9 Å². The maximum absolute atomic E-state index is 11.8. The number of imide groups is 1. The van der Waals surface area contributed by atoms with Crippen molar-refractivity contribution < 1.29 is 24.0 Å². The third-order valence-electron chi connectivity index (χ3n) is 2.59. The van der Waals surface area contributed by atoms with E-state index in [4.69, 9.17) is 10.5 Å². The molecule has 1 aromatic rings. The topological polar surface area (TPSA) is 154 Å². The third kappa shape index (κ3) is 5.61. The molecule has 0 saturated heterocycles. The Balaban J connectivity index is 2.55. The highest BCUT2D eigenvalue weighted by Crippen LogP contribution is 2.20. The van der Waals surface area contributed by atoms with Gasteiger partial charge in [0.25, 0.3) is 11.6 Å². The Morgan fingerprint density at radius 2 is 2.04 bits per heavy atom. The molecule has 0 radical (unpaired) electrons. The number of carbonyl (C=O) groups excluding carboxylic acids is 3. The summed E-state index contributed by atoms with van der Waals surface area (Å²) < 4.78 is 4.70. The molecule has 3 amide bonds. The number of benzene rings is 1. The number of nitrogens with zero attached hydrogens (tertiary/aromatic N) is 1. The molecule has 0 unspecified atom stereocenters. The Hall–Kier alpha value is -3.17. The predicted octanol–water partition coefficient (Wildman–Crippen LogP) is 0.570. The van der Waals surface area contributed by atoms with Crippen LogP contribution in [0.5, 0.6) is 0 Å². The minimum atomic E-state index is -0.929. The van der Waals surface area contributed by atoms with Gasteiger partial charge in [-0.25, -0.2) is 9.59 Å². The summed E-state index contributed by atoms with van der Waals surface area (Å²) in [7, 11) is 0. The van der Waals surface area contributed by atoms with Gasteiger partial charge in [0.15, 0.2) is 6.61 Å². The highest BCUT2D eigenvalue weighted by Gasteiger charge is 2.17. The molecule has 0 bridgehead atoms. The van der Waals surface area contributed by atoms with Gasteiger partial charge >= 0.3 is 12.0 Å². The molecule has 1 rings (SSSR count). The van der Waals surface area contributed by atoms with Gasteiger partial charge in [-0.3, -0.25) is 20.2 Å². The standard InChI is InChI=1S/C13H16N4O6/c1-2-5-15-13(20)16-11(18)7-23-12(19)9-4-3-8(17(21)22)6-10(9)14/h3-4,6H,2,5,7,14H2,1H3,(H2,15,16,18,20). The molecule has 0 heterocycles. The van der Waals surface area contributed by atoms with E-state index in [1.54, 1.807) is 0 Å². The van der Waals surface area contributed by atoms with E-state index >= 15 is 0 Å². The van der Waals surface area contributed by atoms with E-state index < -0.39 is 29.4 Å². The molecule has 0 aliphatic rings. The average molecular weight is 324 g/mol. The van der Waals surface area contributed by atoms with Gasteiger partial charge in [-0.15, -0.1) is 0 Å². The lowest BCUT2D eigenvalue weighted by Gasteiger charge is -2.08. The maximum atomic E-state index is 11.8. The number of non-ortho nitro benzene ring substituents is 1. The number of nitro benzene ring substituents is 1. The van der Waals surface area contributed by atoms with Crippen LogP contribution in [0.15, 0.2) is 18.2 Å². The van der Waals surface area contributed by atoms with Crippen LogP contribution in [-0.2, 0) is 9.53 Å². The zero-order valence-electron chi connectivity index (χ0n) is 12.3. The molecule has 0 aromatic heterocycles. The predicted molar refractivity (Wildman–Crippen MR) is 79.6 cm³/mol. The van der Waals surface area contributed by atoms with E-state index in [1.807, 2.05) is 12.2 Å². The summed E-state index contributed by atoms with van der Waals surface area (Å²) >= 11 is 0. The number of nitro groups is 1. The number of hydrogen-bond acceptors (Lipinski definition) is 7. The SMILES string of the molecule is CCCNC(=O)NC(=O)COC(=O)c1ccc([N+](=O)[O-])cc1N. The van der Waals surface area contributed by atoms with E-state index in [-0.39, 0.29) is 16.9 Å². The molecule has 0 aliphatic carbocycles. The molecule has 0 fully saturated rings. The normalized spacial score (nSPS) is 9.78. The Labute approximate surface area is 131 Å². The zero-order valence-corrected chi connectivity index (χ0v) is 12.3. The Kier molecular flexibility index (Phi) is 6.46. The van der Waals surface area contributed by atoms with Gasteiger partial charge in [-0.2, -0.15) is 0 Å². The van der Waals surface area contributed by atoms with E-state index in [9.17, 15) is 24.5 Å². The summed E-state index contributed by atoms with van der Waals surface area (Å²) in [5, 5.41) is 15.0. The molecule has 0 spiro atoms. The molecule has 0 atom stereocenters.